The number of esters is 1. The molecule has 0 aliphatic heterocycles. The zero-order chi connectivity index (χ0) is 17.7. The van der Waals surface area contributed by atoms with Crippen molar-refractivity contribution in [3.05, 3.63) is 65.7 Å². The molecule has 2 rings (SSSR count). The lowest BCUT2D eigenvalue weighted by Crippen LogP contribution is -2.44. The summed E-state index contributed by atoms with van der Waals surface area (Å²) in [6.45, 7) is 1.88. The van der Waals surface area contributed by atoms with Gasteiger partial charge in [0.15, 0.2) is 0 Å². The van der Waals surface area contributed by atoms with E-state index in [4.69, 9.17) is 4.74 Å². The third-order valence-electron chi connectivity index (χ3n) is 3.88. The Morgan fingerprint density at radius 2 is 1.67 bits per heavy atom. The van der Waals surface area contributed by atoms with Gasteiger partial charge in [-0.1, -0.05) is 48.0 Å². The second kappa shape index (κ2) is 7.59. The van der Waals surface area contributed by atoms with E-state index in [0.717, 1.165) is 15.4 Å². The van der Waals surface area contributed by atoms with Gasteiger partial charge in [-0.3, -0.25) is 4.79 Å². The van der Waals surface area contributed by atoms with Gasteiger partial charge in [0.05, 0.1) is 12.0 Å². The molecule has 2 aromatic carbocycles. The van der Waals surface area contributed by atoms with Gasteiger partial charge in [0, 0.05) is 7.05 Å². The van der Waals surface area contributed by atoms with Crippen LogP contribution in [0.5, 0.6) is 0 Å². The summed E-state index contributed by atoms with van der Waals surface area (Å²) in [5, 5.41) is 0. The van der Waals surface area contributed by atoms with Crippen LogP contribution < -0.4 is 0 Å². The van der Waals surface area contributed by atoms with Crippen LogP contribution in [-0.4, -0.2) is 38.9 Å². The van der Waals surface area contributed by atoms with Crippen LogP contribution in [0.2, 0.25) is 0 Å². The number of nitrogens with zero attached hydrogens (tertiary/aromatic N) is 1. The largest absolute Gasteiger partial charge is 0.468 e. The molecule has 6 heteroatoms. The first-order chi connectivity index (χ1) is 11.4. The van der Waals surface area contributed by atoms with Crippen LogP contribution in [0.25, 0.3) is 0 Å². The van der Waals surface area contributed by atoms with Crippen molar-refractivity contribution in [2.24, 2.45) is 0 Å². The molecular formula is C18H21NO4S. The molecule has 0 heterocycles. The van der Waals surface area contributed by atoms with Gasteiger partial charge in [-0.2, -0.15) is 4.31 Å². The summed E-state index contributed by atoms with van der Waals surface area (Å²) in [7, 11) is -1.14. The second-order valence-corrected chi connectivity index (χ2v) is 7.56. The molecule has 2 aromatic rings. The lowest BCUT2D eigenvalue weighted by molar-refractivity contribution is -0.144. The van der Waals surface area contributed by atoms with E-state index in [0.29, 0.717) is 0 Å². The summed E-state index contributed by atoms with van der Waals surface area (Å²) in [6, 6.07) is 14.9. The quantitative estimate of drug-likeness (QED) is 0.753. The van der Waals surface area contributed by atoms with Gasteiger partial charge in [-0.05, 0) is 31.0 Å². The number of sulfonamides is 1. The van der Waals surface area contributed by atoms with Crippen molar-refractivity contribution in [3.63, 3.8) is 0 Å². The summed E-state index contributed by atoms with van der Waals surface area (Å²) in [5.41, 5.74) is 1.82. The molecule has 0 aliphatic rings. The number of hydrogen-bond acceptors (Lipinski definition) is 4. The highest BCUT2D eigenvalue weighted by Gasteiger charge is 2.33. The smallest absolute Gasteiger partial charge is 0.324 e. The maximum absolute atomic E-state index is 12.8. The molecule has 128 valence electrons. The van der Waals surface area contributed by atoms with E-state index in [9.17, 15) is 13.2 Å². The second-order valence-electron chi connectivity index (χ2n) is 5.56. The first-order valence-electron chi connectivity index (χ1n) is 7.52. The molecule has 0 aromatic heterocycles. The van der Waals surface area contributed by atoms with Gasteiger partial charge < -0.3 is 4.74 Å². The minimum atomic E-state index is -3.80. The molecule has 1 atom stereocenters. The highest BCUT2D eigenvalue weighted by Crippen LogP contribution is 2.20. The molecular weight excluding hydrogens is 326 g/mol. The number of benzene rings is 2. The van der Waals surface area contributed by atoms with Gasteiger partial charge >= 0.3 is 5.97 Å². The Balaban J connectivity index is 2.34. The van der Waals surface area contributed by atoms with Crippen LogP contribution in [0, 0.1) is 6.92 Å². The van der Waals surface area contributed by atoms with Gasteiger partial charge in [0.25, 0.3) is 0 Å². The maximum Gasteiger partial charge on any atom is 0.324 e. The Kier molecular flexibility index (Phi) is 5.75. The average Bonchev–Trinajstić information content (AvgIpc) is 2.59. The number of carbonyl (C=O) groups excluding carboxylic acids is 1. The van der Waals surface area contributed by atoms with Crippen molar-refractivity contribution < 1.29 is 17.9 Å². The Morgan fingerprint density at radius 3 is 2.21 bits per heavy atom. The van der Waals surface area contributed by atoms with E-state index in [1.807, 2.05) is 37.3 Å². The minimum absolute atomic E-state index is 0.151. The lowest BCUT2D eigenvalue weighted by Gasteiger charge is -2.25. The summed E-state index contributed by atoms with van der Waals surface area (Å²) >= 11 is 0. The molecule has 0 saturated carbocycles. The number of ether oxygens (including phenoxy) is 1. The Morgan fingerprint density at radius 1 is 1.08 bits per heavy atom. The van der Waals surface area contributed by atoms with Crippen LogP contribution in [-0.2, 0) is 26.0 Å². The summed E-state index contributed by atoms with van der Waals surface area (Å²) < 4.78 is 31.5. The molecule has 24 heavy (non-hydrogen) atoms. The van der Waals surface area contributed by atoms with E-state index < -0.39 is 22.0 Å². The SMILES string of the molecule is COC(=O)[C@H](Cc1ccccc1)N(C)S(=O)(=O)c1ccc(C)cc1. The number of hydrogen-bond donors (Lipinski definition) is 0. The van der Waals surface area contributed by atoms with E-state index in [1.54, 1.807) is 12.1 Å². The first-order valence-corrected chi connectivity index (χ1v) is 8.96. The van der Waals surface area contributed by atoms with Gasteiger partial charge in [-0.25, -0.2) is 8.42 Å². The summed E-state index contributed by atoms with van der Waals surface area (Å²) in [4.78, 5) is 12.3. The van der Waals surface area contributed by atoms with Crippen LogP contribution in [0.1, 0.15) is 11.1 Å². The summed E-state index contributed by atoms with van der Waals surface area (Å²) in [6.07, 6.45) is 0.245. The topological polar surface area (TPSA) is 63.7 Å². The molecule has 5 nitrogen and oxygen atoms in total. The van der Waals surface area contributed by atoms with Crippen molar-refractivity contribution in [3.8, 4) is 0 Å². The fourth-order valence-electron chi connectivity index (χ4n) is 2.38. The standard InChI is InChI=1S/C18H21NO4S/c1-14-9-11-16(12-10-14)24(21,22)19(2)17(18(20)23-3)13-15-7-5-4-6-8-15/h4-12,17H,13H2,1-3H3/t17-/m0/s1. The van der Waals surface area contributed by atoms with Crippen molar-refractivity contribution in [1.29, 1.82) is 0 Å². The van der Waals surface area contributed by atoms with Crippen molar-refractivity contribution in [2.75, 3.05) is 14.2 Å². The van der Waals surface area contributed by atoms with Gasteiger partial charge in [-0.15, -0.1) is 0 Å². The highest BCUT2D eigenvalue weighted by atomic mass is 32.2. The minimum Gasteiger partial charge on any atom is -0.468 e. The number of rotatable bonds is 6. The molecule has 0 aliphatic carbocycles. The number of methoxy groups -OCH3 is 1. The Bertz CT molecular complexity index is 786. The predicted molar refractivity (Wildman–Crippen MR) is 92.1 cm³/mol. The lowest BCUT2D eigenvalue weighted by atomic mass is 10.1. The monoisotopic (exact) mass is 347 g/mol. The zero-order valence-corrected chi connectivity index (χ0v) is 14.8. The number of carbonyl (C=O) groups is 1. The average molecular weight is 347 g/mol. The van der Waals surface area contributed by atoms with Gasteiger partial charge in [0.1, 0.15) is 6.04 Å². The van der Waals surface area contributed by atoms with Crippen LogP contribution in [0.4, 0.5) is 0 Å². The molecule has 0 unspecified atom stereocenters. The van der Waals surface area contributed by atoms with Crippen LogP contribution in [0.3, 0.4) is 0 Å². The highest BCUT2D eigenvalue weighted by molar-refractivity contribution is 7.89. The Hall–Kier alpha value is -2.18. The van der Waals surface area contributed by atoms with E-state index in [-0.39, 0.29) is 11.3 Å². The molecule has 0 bridgehead atoms. The van der Waals surface area contributed by atoms with Crippen molar-refractivity contribution in [2.45, 2.75) is 24.3 Å². The Labute approximate surface area is 142 Å². The van der Waals surface area contributed by atoms with E-state index in [2.05, 4.69) is 0 Å². The predicted octanol–water partition coefficient (Wildman–Crippen LogP) is 2.40. The molecule has 0 N–H and O–H groups in total. The fraction of sp³-hybridized carbons (Fsp3) is 0.278. The summed E-state index contributed by atoms with van der Waals surface area (Å²) in [5.74, 6) is -0.586. The first kappa shape index (κ1) is 18.2. The fourth-order valence-corrected chi connectivity index (χ4v) is 3.69. The maximum atomic E-state index is 12.8. The molecule has 0 fully saturated rings. The van der Waals surface area contributed by atoms with Gasteiger partial charge in [0.2, 0.25) is 10.0 Å². The molecule has 0 radical (unpaired) electrons. The number of aryl methyl sites for hydroxylation is 1. The third-order valence-corrected chi connectivity index (χ3v) is 5.76. The molecule has 0 amide bonds. The van der Waals surface area contributed by atoms with Crippen molar-refractivity contribution >= 4 is 16.0 Å². The van der Waals surface area contributed by atoms with Crippen LogP contribution in [0.15, 0.2) is 59.5 Å². The van der Waals surface area contributed by atoms with E-state index in [1.165, 1.54) is 26.3 Å². The third kappa shape index (κ3) is 4.01. The normalized spacial score (nSPS) is 12.8. The van der Waals surface area contributed by atoms with Crippen molar-refractivity contribution in [1.82, 2.24) is 4.31 Å². The van der Waals surface area contributed by atoms with Crippen LogP contribution >= 0.6 is 0 Å². The molecule has 0 saturated heterocycles. The molecule has 0 spiro atoms. The van der Waals surface area contributed by atoms with E-state index >= 15 is 0 Å². The zero-order valence-electron chi connectivity index (χ0n) is 14.0. The number of likely N-dealkylation sites (N-methyl/N-ethyl adjacent to an activating group) is 1.